The molecule has 7 heteroatoms. The average Bonchev–Trinajstić information content (AvgIpc) is 2.73. The molecule has 0 saturated heterocycles. The van der Waals surface area contributed by atoms with Crippen molar-refractivity contribution in [3.8, 4) is 17.2 Å². The minimum Gasteiger partial charge on any atom is -0.490 e. The van der Waals surface area contributed by atoms with Crippen LogP contribution in [0, 0.1) is 0 Å². The number of hydrogen-bond acceptors (Lipinski definition) is 5. The molecule has 0 spiro atoms. The van der Waals surface area contributed by atoms with E-state index in [-0.39, 0.29) is 4.90 Å². The molecule has 0 aromatic heterocycles. The van der Waals surface area contributed by atoms with Gasteiger partial charge in [0, 0.05) is 12.1 Å². The topological polar surface area (TPSA) is 82.1 Å². The predicted molar refractivity (Wildman–Crippen MR) is 125 cm³/mol. The first kappa shape index (κ1) is 27.6. The molecule has 6 nitrogen and oxygen atoms in total. The second kappa shape index (κ2) is 16.2. The molecule has 0 saturated carbocycles. The maximum absolute atomic E-state index is 11.8. The zero-order valence-corrected chi connectivity index (χ0v) is 20.5. The van der Waals surface area contributed by atoms with Crippen LogP contribution >= 0.6 is 0 Å². The van der Waals surface area contributed by atoms with Gasteiger partial charge in [0.25, 0.3) is 10.1 Å². The summed E-state index contributed by atoms with van der Waals surface area (Å²) in [6.45, 7) is 7.86. The number of hydrogen-bond donors (Lipinski definition) is 1. The summed E-state index contributed by atoms with van der Waals surface area (Å²) in [7, 11) is -4.39. The van der Waals surface area contributed by atoms with Crippen molar-refractivity contribution in [2.24, 2.45) is 0 Å². The van der Waals surface area contributed by atoms with Crippen LogP contribution in [0.3, 0.4) is 0 Å². The highest BCUT2D eigenvalue weighted by atomic mass is 32.2. The van der Waals surface area contributed by atoms with Crippen LogP contribution in [0.25, 0.3) is 0 Å². The normalized spacial score (nSPS) is 11.5. The number of rotatable bonds is 19. The van der Waals surface area contributed by atoms with Crippen molar-refractivity contribution in [2.45, 2.75) is 103 Å². The molecule has 0 heterocycles. The van der Waals surface area contributed by atoms with Crippen LogP contribution in [0.15, 0.2) is 17.0 Å². The third-order valence-corrected chi connectivity index (χ3v) is 5.88. The molecule has 0 fully saturated rings. The lowest BCUT2D eigenvalue weighted by Crippen LogP contribution is -2.08. The molecule has 0 bridgehead atoms. The van der Waals surface area contributed by atoms with E-state index < -0.39 is 10.1 Å². The van der Waals surface area contributed by atoms with E-state index in [1.807, 2.05) is 0 Å². The molecule has 0 aliphatic heterocycles. The van der Waals surface area contributed by atoms with Gasteiger partial charge < -0.3 is 14.2 Å². The zero-order valence-electron chi connectivity index (χ0n) is 19.7. The van der Waals surface area contributed by atoms with Crippen molar-refractivity contribution in [2.75, 3.05) is 19.8 Å². The van der Waals surface area contributed by atoms with Gasteiger partial charge in [0.2, 0.25) is 5.75 Å². The third-order valence-electron chi connectivity index (χ3n) is 5.05. The second-order valence-electron chi connectivity index (χ2n) is 7.95. The van der Waals surface area contributed by atoms with Gasteiger partial charge in [0.05, 0.1) is 19.8 Å². The zero-order chi connectivity index (χ0) is 23.0. The van der Waals surface area contributed by atoms with Gasteiger partial charge in [-0.2, -0.15) is 8.42 Å². The fourth-order valence-corrected chi connectivity index (χ4v) is 3.70. The Morgan fingerprint density at radius 3 is 1.39 bits per heavy atom. The molecule has 0 aliphatic rings. The molecule has 31 heavy (non-hydrogen) atoms. The summed E-state index contributed by atoms with van der Waals surface area (Å²) in [4.78, 5) is -0.238. The third kappa shape index (κ3) is 11.6. The first-order chi connectivity index (χ1) is 14.9. The summed E-state index contributed by atoms with van der Waals surface area (Å²) in [6, 6.07) is 2.67. The average molecular weight is 459 g/mol. The Kier molecular flexibility index (Phi) is 14.4. The lowest BCUT2D eigenvalue weighted by atomic mass is 10.2. The minimum absolute atomic E-state index is 0.238. The van der Waals surface area contributed by atoms with Gasteiger partial charge in [-0.1, -0.05) is 78.6 Å². The van der Waals surface area contributed by atoms with Gasteiger partial charge in [0.1, 0.15) is 4.90 Å². The Morgan fingerprint density at radius 2 is 1.03 bits per heavy atom. The van der Waals surface area contributed by atoms with E-state index in [2.05, 4.69) is 20.8 Å². The molecule has 1 N–H and O–H groups in total. The highest BCUT2D eigenvalue weighted by Gasteiger charge is 2.21. The first-order valence-corrected chi connectivity index (χ1v) is 13.4. The van der Waals surface area contributed by atoms with E-state index in [0.717, 1.165) is 77.0 Å². The van der Waals surface area contributed by atoms with Crippen LogP contribution in [-0.2, 0) is 10.1 Å². The van der Waals surface area contributed by atoms with Crippen molar-refractivity contribution in [1.29, 1.82) is 0 Å². The van der Waals surface area contributed by atoms with E-state index in [1.165, 1.54) is 12.1 Å². The smallest absolute Gasteiger partial charge is 0.294 e. The summed E-state index contributed by atoms with van der Waals surface area (Å²) in [5.74, 6) is 1.05. The summed E-state index contributed by atoms with van der Waals surface area (Å²) in [5.41, 5.74) is 0. The van der Waals surface area contributed by atoms with Crippen molar-refractivity contribution in [1.82, 2.24) is 0 Å². The molecule has 0 atom stereocenters. The lowest BCUT2D eigenvalue weighted by molar-refractivity contribution is 0.233. The number of unbranched alkanes of at least 4 members (excludes halogenated alkanes) is 9. The maximum atomic E-state index is 11.8. The quantitative estimate of drug-likeness (QED) is 0.181. The molecule has 0 amide bonds. The second-order valence-corrected chi connectivity index (χ2v) is 9.37. The van der Waals surface area contributed by atoms with Crippen LogP contribution in [0.4, 0.5) is 0 Å². The molecule has 180 valence electrons. The molecule has 1 aromatic carbocycles. The molecule has 0 aliphatic carbocycles. The summed E-state index contributed by atoms with van der Waals surface area (Å²) in [5, 5.41) is 0. The monoisotopic (exact) mass is 458 g/mol. The standard InChI is InChI=1S/C24H42O6S/c1-4-7-10-13-16-28-22-19-21(31(25,26)27)20-23(29-17-14-11-8-5-2)24(22)30-18-15-12-9-6-3/h19-20H,4-18H2,1-3H3,(H,25,26,27). The van der Waals surface area contributed by atoms with Gasteiger partial charge in [0.15, 0.2) is 11.5 Å². The fraction of sp³-hybridized carbons (Fsp3) is 0.750. The largest absolute Gasteiger partial charge is 0.490 e. The van der Waals surface area contributed by atoms with Crippen molar-refractivity contribution in [3.05, 3.63) is 12.1 Å². The van der Waals surface area contributed by atoms with Crippen molar-refractivity contribution in [3.63, 3.8) is 0 Å². The minimum atomic E-state index is -4.39. The number of benzene rings is 1. The van der Waals surface area contributed by atoms with Gasteiger partial charge in [-0.3, -0.25) is 4.55 Å². The SMILES string of the molecule is CCCCCCOc1cc(S(=O)(=O)O)cc(OCCCCCC)c1OCCCCCC. The predicted octanol–water partition coefficient (Wildman–Crippen LogP) is 6.81. The highest BCUT2D eigenvalue weighted by Crippen LogP contribution is 2.40. The Morgan fingerprint density at radius 1 is 0.645 bits per heavy atom. The Bertz CT molecular complexity index is 667. The van der Waals surface area contributed by atoms with Crippen molar-refractivity contribution < 1.29 is 27.2 Å². The van der Waals surface area contributed by atoms with Gasteiger partial charge in [-0.05, 0) is 19.3 Å². The summed E-state index contributed by atoms with van der Waals surface area (Å²) >= 11 is 0. The fourth-order valence-electron chi connectivity index (χ4n) is 3.18. The Labute approximate surface area is 189 Å². The molecule has 1 aromatic rings. The molecule has 0 unspecified atom stereocenters. The highest BCUT2D eigenvalue weighted by molar-refractivity contribution is 7.85. The maximum Gasteiger partial charge on any atom is 0.294 e. The first-order valence-electron chi connectivity index (χ1n) is 12.0. The number of ether oxygens (including phenoxy) is 3. The Balaban J connectivity index is 3.03. The van der Waals surface area contributed by atoms with Crippen LogP contribution in [0.5, 0.6) is 17.2 Å². The van der Waals surface area contributed by atoms with E-state index in [1.54, 1.807) is 0 Å². The van der Waals surface area contributed by atoms with Crippen molar-refractivity contribution >= 4 is 10.1 Å². The Hall–Kier alpha value is -1.47. The van der Waals surface area contributed by atoms with E-state index in [9.17, 15) is 13.0 Å². The van der Waals surface area contributed by atoms with E-state index in [4.69, 9.17) is 14.2 Å². The summed E-state index contributed by atoms with van der Waals surface area (Å²) in [6.07, 6.45) is 12.6. The van der Waals surface area contributed by atoms with Crippen LogP contribution in [0.2, 0.25) is 0 Å². The lowest BCUT2D eigenvalue weighted by Gasteiger charge is -2.18. The molecule has 0 radical (unpaired) electrons. The molecule has 1 rings (SSSR count). The van der Waals surface area contributed by atoms with Gasteiger partial charge in [-0.15, -0.1) is 0 Å². The van der Waals surface area contributed by atoms with E-state index >= 15 is 0 Å². The molecular weight excluding hydrogens is 416 g/mol. The van der Waals surface area contributed by atoms with Crippen LogP contribution in [-0.4, -0.2) is 32.8 Å². The van der Waals surface area contributed by atoms with Gasteiger partial charge >= 0.3 is 0 Å². The van der Waals surface area contributed by atoms with E-state index in [0.29, 0.717) is 37.1 Å². The van der Waals surface area contributed by atoms with Crippen LogP contribution < -0.4 is 14.2 Å². The molecular formula is C24H42O6S. The van der Waals surface area contributed by atoms with Crippen LogP contribution in [0.1, 0.15) is 97.8 Å². The summed E-state index contributed by atoms with van der Waals surface area (Å²) < 4.78 is 51.1. The van der Waals surface area contributed by atoms with Gasteiger partial charge in [-0.25, -0.2) is 0 Å².